The van der Waals surface area contributed by atoms with Gasteiger partial charge in [-0.05, 0) is 12.5 Å². The van der Waals surface area contributed by atoms with Crippen molar-refractivity contribution in [2.75, 3.05) is 14.2 Å². The summed E-state index contributed by atoms with van der Waals surface area (Å²) in [6.07, 6.45) is 2.58. The van der Waals surface area contributed by atoms with Gasteiger partial charge in [-0.1, -0.05) is 18.8 Å². The molecule has 90 valence electrons. The number of rotatable bonds is 4. The van der Waals surface area contributed by atoms with Crippen molar-refractivity contribution in [1.82, 2.24) is 0 Å². The van der Waals surface area contributed by atoms with Crippen LogP contribution in [0.1, 0.15) is 35.7 Å². The summed E-state index contributed by atoms with van der Waals surface area (Å²) in [5, 5.41) is 0. The SMILES string of the molecule is CCCC#Cc1cc(OC)c(OC)cc1C=O. The minimum atomic E-state index is 0.520. The number of benzene rings is 1. The molecule has 0 fully saturated rings. The highest BCUT2D eigenvalue weighted by Gasteiger charge is 2.08. The lowest BCUT2D eigenvalue weighted by molar-refractivity contribution is 0.112. The fourth-order valence-corrected chi connectivity index (χ4v) is 1.38. The lowest BCUT2D eigenvalue weighted by atomic mass is 10.1. The standard InChI is InChI=1S/C14H16O3/c1-4-5-6-7-11-8-13(16-2)14(17-3)9-12(11)10-15/h8-10H,4-5H2,1-3H3. The van der Waals surface area contributed by atoms with E-state index in [0.29, 0.717) is 22.6 Å². The summed E-state index contributed by atoms with van der Waals surface area (Å²) in [4.78, 5) is 11.0. The monoisotopic (exact) mass is 232 g/mol. The van der Waals surface area contributed by atoms with Crippen LogP contribution in [0.25, 0.3) is 0 Å². The molecule has 0 unspecified atom stereocenters. The van der Waals surface area contributed by atoms with Crippen molar-refractivity contribution >= 4 is 6.29 Å². The summed E-state index contributed by atoms with van der Waals surface area (Å²) in [6.45, 7) is 2.06. The maximum atomic E-state index is 11.0. The van der Waals surface area contributed by atoms with E-state index < -0.39 is 0 Å². The highest BCUT2D eigenvalue weighted by Crippen LogP contribution is 2.29. The summed E-state index contributed by atoms with van der Waals surface area (Å²) >= 11 is 0. The van der Waals surface area contributed by atoms with Crippen LogP contribution in [0.2, 0.25) is 0 Å². The molecular weight excluding hydrogens is 216 g/mol. The molecule has 1 aromatic carbocycles. The van der Waals surface area contributed by atoms with Crippen LogP contribution >= 0.6 is 0 Å². The molecule has 0 saturated carbocycles. The van der Waals surface area contributed by atoms with E-state index in [0.717, 1.165) is 19.1 Å². The molecule has 0 heterocycles. The zero-order chi connectivity index (χ0) is 12.7. The summed E-state index contributed by atoms with van der Waals surface area (Å²) < 4.78 is 10.3. The molecule has 3 heteroatoms. The average Bonchev–Trinajstić information content (AvgIpc) is 2.38. The van der Waals surface area contributed by atoms with Crippen molar-refractivity contribution in [3.63, 3.8) is 0 Å². The molecule has 0 spiro atoms. The second kappa shape index (κ2) is 6.59. The molecule has 0 aromatic heterocycles. The second-order valence-corrected chi connectivity index (χ2v) is 3.46. The molecule has 0 N–H and O–H groups in total. The molecule has 0 bridgehead atoms. The summed E-state index contributed by atoms with van der Waals surface area (Å²) in [7, 11) is 3.09. The van der Waals surface area contributed by atoms with Gasteiger partial charge in [-0.15, -0.1) is 0 Å². The van der Waals surface area contributed by atoms with Gasteiger partial charge in [-0.2, -0.15) is 0 Å². The summed E-state index contributed by atoms with van der Waals surface area (Å²) in [6, 6.07) is 3.37. The second-order valence-electron chi connectivity index (χ2n) is 3.46. The number of methoxy groups -OCH3 is 2. The van der Waals surface area contributed by atoms with Gasteiger partial charge in [0.05, 0.1) is 14.2 Å². The van der Waals surface area contributed by atoms with Crippen molar-refractivity contribution in [2.24, 2.45) is 0 Å². The van der Waals surface area contributed by atoms with Gasteiger partial charge in [0.2, 0.25) is 0 Å². The number of hydrogen-bond acceptors (Lipinski definition) is 3. The Morgan fingerprint density at radius 2 is 1.88 bits per heavy atom. The van der Waals surface area contributed by atoms with Gasteiger partial charge in [-0.25, -0.2) is 0 Å². The minimum Gasteiger partial charge on any atom is -0.493 e. The van der Waals surface area contributed by atoms with E-state index in [4.69, 9.17) is 9.47 Å². The van der Waals surface area contributed by atoms with Gasteiger partial charge in [0.15, 0.2) is 17.8 Å². The van der Waals surface area contributed by atoms with E-state index in [-0.39, 0.29) is 0 Å². The number of carbonyl (C=O) groups excluding carboxylic acids is 1. The molecule has 17 heavy (non-hydrogen) atoms. The third kappa shape index (κ3) is 3.25. The molecule has 0 aliphatic rings. The van der Waals surface area contributed by atoms with Crippen LogP contribution in [0.4, 0.5) is 0 Å². The molecule has 0 aliphatic carbocycles. The van der Waals surface area contributed by atoms with Gasteiger partial charge in [0, 0.05) is 23.6 Å². The van der Waals surface area contributed by atoms with E-state index in [9.17, 15) is 4.79 Å². The first kappa shape index (κ1) is 13.1. The van der Waals surface area contributed by atoms with Crippen molar-refractivity contribution in [3.8, 4) is 23.3 Å². The van der Waals surface area contributed by atoms with Crippen LogP contribution in [0, 0.1) is 11.8 Å². The van der Waals surface area contributed by atoms with E-state index in [1.54, 1.807) is 19.2 Å². The Hall–Kier alpha value is -1.95. The lowest BCUT2D eigenvalue weighted by Crippen LogP contribution is -1.95. The Balaban J connectivity index is 3.20. The van der Waals surface area contributed by atoms with Crippen molar-refractivity contribution in [2.45, 2.75) is 19.8 Å². The Morgan fingerprint density at radius 1 is 1.24 bits per heavy atom. The minimum absolute atomic E-state index is 0.520. The van der Waals surface area contributed by atoms with Crippen LogP contribution in [0.3, 0.4) is 0 Å². The van der Waals surface area contributed by atoms with Crippen molar-refractivity contribution in [1.29, 1.82) is 0 Å². The van der Waals surface area contributed by atoms with Crippen molar-refractivity contribution < 1.29 is 14.3 Å². The van der Waals surface area contributed by atoms with E-state index in [1.807, 2.05) is 0 Å². The fraction of sp³-hybridized carbons (Fsp3) is 0.357. The first-order chi connectivity index (χ1) is 8.26. The Kier molecular flexibility index (Phi) is 5.09. The van der Waals surface area contributed by atoms with Crippen molar-refractivity contribution in [3.05, 3.63) is 23.3 Å². The molecule has 0 radical (unpaired) electrons. The highest BCUT2D eigenvalue weighted by atomic mass is 16.5. The third-order valence-corrected chi connectivity index (χ3v) is 2.28. The number of carbonyl (C=O) groups is 1. The predicted octanol–water partition coefficient (Wildman–Crippen LogP) is 2.67. The highest BCUT2D eigenvalue weighted by molar-refractivity contribution is 5.81. The van der Waals surface area contributed by atoms with E-state index in [2.05, 4.69) is 18.8 Å². The number of aldehydes is 1. The lowest BCUT2D eigenvalue weighted by Gasteiger charge is -2.09. The predicted molar refractivity (Wildman–Crippen MR) is 66.7 cm³/mol. The van der Waals surface area contributed by atoms with Gasteiger partial charge in [-0.3, -0.25) is 4.79 Å². The van der Waals surface area contributed by atoms with Crippen LogP contribution in [0.15, 0.2) is 12.1 Å². The quantitative estimate of drug-likeness (QED) is 0.591. The molecule has 0 atom stereocenters. The van der Waals surface area contributed by atoms with Gasteiger partial charge >= 0.3 is 0 Å². The molecule has 0 aliphatic heterocycles. The first-order valence-electron chi connectivity index (χ1n) is 5.46. The first-order valence-corrected chi connectivity index (χ1v) is 5.46. The smallest absolute Gasteiger partial charge is 0.162 e. The average molecular weight is 232 g/mol. The Bertz CT molecular complexity index is 453. The number of unbranched alkanes of at least 4 members (excludes halogenated alkanes) is 1. The Labute approximate surface area is 102 Å². The molecular formula is C14H16O3. The van der Waals surface area contributed by atoms with Crippen LogP contribution in [0.5, 0.6) is 11.5 Å². The van der Waals surface area contributed by atoms with Gasteiger partial charge in [0.1, 0.15) is 0 Å². The van der Waals surface area contributed by atoms with E-state index >= 15 is 0 Å². The molecule has 0 amide bonds. The molecule has 0 saturated heterocycles. The summed E-state index contributed by atoms with van der Waals surface area (Å²) in [5.41, 5.74) is 1.19. The van der Waals surface area contributed by atoms with Gasteiger partial charge < -0.3 is 9.47 Å². The zero-order valence-electron chi connectivity index (χ0n) is 10.4. The van der Waals surface area contributed by atoms with Crippen LogP contribution in [-0.4, -0.2) is 20.5 Å². The van der Waals surface area contributed by atoms with Gasteiger partial charge in [0.25, 0.3) is 0 Å². The number of hydrogen-bond donors (Lipinski definition) is 0. The fourth-order valence-electron chi connectivity index (χ4n) is 1.38. The van der Waals surface area contributed by atoms with Crippen LogP contribution < -0.4 is 9.47 Å². The van der Waals surface area contributed by atoms with E-state index in [1.165, 1.54) is 7.11 Å². The largest absolute Gasteiger partial charge is 0.493 e. The molecule has 1 aromatic rings. The maximum absolute atomic E-state index is 11.0. The third-order valence-electron chi connectivity index (χ3n) is 2.28. The molecule has 1 rings (SSSR count). The normalized spacial score (nSPS) is 9.12. The maximum Gasteiger partial charge on any atom is 0.162 e. The topological polar surface area (TPSA) is 35.5 Å². The Morgan fingerprint density at radius 3 is 2.41 bits per heavy atom. The molecule has 3 nitrogen and oxygen atoms in total. The van der Waals surface area contributed by atoms with Crippen LogP contribution in [-0.2, 0) is 0 Å². The zero-order valence-corrected chi connectivity index (χ0v) is 10.4. The summed E-state index contributed by atoms with van der Waals surface area (Å²) in [5.74, 6) is 7.10. The number of ether oxygens (including phenoxy) is 2.